The van der Waals surface area contributed by atoms with Gasteiger partial charge < -0.3 is 15.2 Å². The van der Waals surface area contributed by atoms with Gasteiger partial charge in [0.1, 0.15) is 0 Å². The van der Waals surface area contributed by atoms with E-state index in [0.717, 1.165) is 0 Å². The molecule has 7 nitrogen and oxygen atoms in total. The largest absolute Gasteiger partial charge is 0.548 e. The Bertz CT molecular complexity index is 190. The summed E-state index contributed by atoms with van der Waals surface area (Å²) in [5, 5.41) is 11.5. The van der Waals surface area contributed by atoms with Crippen LogP contribution in [0.4, 0.5) is 0 Å². The van der Waals surface area contributed by atoms with Crippen LogP contribution in [0.3, 0.4) is 0 Å². The van der Waals surface area contributed by atoms with Gasteiger partial charge in [0.15, 0.2) is 0 Å². The molecule has 0 aliphatic carbocycles. The minimum absolute atomic E-state index is 0.716. The summed E-state index contributed by atoms with van der Waals surface area (Å²) in [5.41, 5.74) is 1.52. The van der Waals surface area contributed by atoms with Gasteiger partial charge in [0.05, 0.1) is 12.5 Å². The molecule has 0 aromatic heterocycles. The molecule has 0 unspecified atom stereocenters. The van der Waals surface area contributed by atoms with Gasteiger partial charge in [-0.1, -0.05) is 0 Å². The van der Waals surface area contributed by atoms with Gasteiger partial charge in [0.2, 0.25) is 0 Å². The zero-order chi connectivity index (χ0) is 8.85. The number of hydrogen-bond donors (Lipinski definition) is 3. The van der Waals surface area contributed by atoms with Crippen molar-refractivity contribution in [3.05, 3.63) is 0 Å². The van der Waals surface area contributed by atoms with Crippen molar-refractivity contribution in [3.63, 3.8) is 0 Å². The Kier molecular flexibility index (Phi) is 3.60. The SMILES string of the molecule is NNC(=O)C(=O)NCC(=O)[O-]. The van der Waals surface area contributed by atoms with E-state index in [0.29, 0.717) is 0 Å². The van der Waals surface area contributed by atoms with Crippen molar-refractivity contribution in [2.24, 2.45) is 5.84 Å². The molecule has 7 heteroatoms. The molecule has 62 valence electrons. The maximum absolute atomic E-state index is 10.4. The highest BCUT2D eigenvalue weighted by Gasteiger charge is 2.09. The number of aliphatic carboxylic acids is 1. The third kappa shape index (κ3) is 3.87. The highest BCUT2D eigenvalue weighted by molar-refractivity contribution is 6.35. The summed E-state index contributed by atoms with van der Waals surface area (Å²) < 4.78 is 0. The summed E-state index contributed by atoms with van der Waals surface area (Å²) in [4.78, 5) is 30.4. The van der Waals surface area contributed by atoms with E-state index in [2.05, 4.69) is 5.84 Å². The van der Waals surface area contributed by atoms with Crippen LogP contribution in [0.5, 0.6) is 0 Å². The fourth-order valence-electron chi connectivity index (χ4n) is 0.298. The molecule has 4 N–H and O–H groups in total. The molecule has 0 radical (unpaired) electrons. The number of rotatable bonds is 2. The van der Waals surface area contributed by atoms with Gasteiger partial charge in [0.25, 0.3) is 0 Å². The third-order valence-electron chi connectivity index (χ3n) is 0.731. The van der Waals surface area contributed by atoms with Gasteiger partial charge in [0, 0.05) is 0 Å². The molecule has 0 aliphatic heterocycles. The molecule has 0 spiro atoms. The second-order valence-corrected chi connectivity index (χ2v) is 1.53. The average Bonchev–Trinajstić information content (AvgIpc) is 1.98. The second kappa shape index (κ2) is 4.23. The van der Waals surface area contributed by atoms with E-state index in [1.165, 1.54) is 5.43 Å². The average molecular weight is 160 g/mol. The molecule has 2 amide bonds. The zero-order valence-corrected chi connectivity index (χ0v) is 5.42. The summed E-state index contributed by atoms with van der Waals surface area (Å²) in [5.74, 6) is 0.853. The van der Waals surface area contributed by atoms with Crippen LogP contribution in [0, 0.1) is 0 Å². The van der Waals surface area contributed by atoms with Gasteiger partial charge >= 0.3 is 11.8 Å². The van der Waals surface area contributed by atoms with Gasteiger partial charge in [-0.05, 0) is 0 Å². The van der Waals surface area contributed by atoms with E-state index in [4.69, 9.17) is 0 Å². The topological polar surface area (TPSA) is 124 Å². The number of carboxylic acids is 1. The fraction of sp³-hybridized carbons (Fsp3) is 0.250. The predicted molar refractivity (Wildman–Crippen MR) is 30.3 cm³/mol. The normalized spacial score (nSPS) is 8.45. The monoisotopic (exact) mass is 160 g/mol. The lowest BCUT2D eigenvalue weighted by Gasteiger charge is -2.02. The Morgan fingerprint density at radius 3 is 2.18 bits per heavy atom. The van der Waals surface area contributed by atoms with Crippen molar-refractivity contribution < 1.29 is 19.5 Å². The van der Waals surface area contributed by atoms with Crippen LogP contribution in [0.25, 0.3) is 0 Å². The Hall–Kier alpha value is -1.63. The lowest BCUT2D eigenvalue weighted by Crippen LogP contribution is -2.46. The number of carboxylic acid groups (broad SMARTS) is 1. The first-order valence-corrected chi connectivity index (χ1v) is 2.56. The first-order valence-electron chi connectivity index (χ1n) is 2.56. The summed E-state index contributed by atoms with van der Waals surface area (Å²) in [6.07, 6.45) is 0. The van der Waals surface area contributed by atoms with E-state index in [-0.39, 0.29) is 0 Å². The van der Waals surface area contributed by atoms with Crippen molar-refractivity contribution in [2.75, 3.05) is 6.54 Å². The Labute approximate surface area is 61.5 Å². The summed E-state index contributed by atoms with van der Waals surface area (Å²) in [7, 11) is 0. The van der Waals surface area contributed by atoms with Crippen molar-refractivity contribution in [1.29, 1.82) is 0 Å². The molecule has 0 fully saturated rings. The number of hydrazine groups is 1. The molecule has 11 heavy (non-hydrogen) atoms. The van der Waals surface area contributed by atoms with E-state index in [1.54, 1.807) is 5.32 Å². The molecular weight excluding hydrogens is 154 g/mol. The maximum atomic E-state index is 10.4. The smallest absolute Gasteiger partial charge is 0.323 e. The standard InChI is InChI=1S/C4H7N3O4/c5-7-4(11)3(10)6-1-2(8)9/h1,5H2,(H,6,10)(H,7,11)(H,8,9)/p-1. The number of carbonyl (C=O) groups excluding carboxylic acids is 3. The molecule has 0 atom stereocenters. The fourth-order valence-corrected chi connectivity index (χ4v) is 0.298. The van der Waals surface area contributed by atoms with Crippen LogP contribution < -0.4 is 21.7 Å². The van der Waals surface area contributed by atoms with Crippen molar-refractivity contribution in [1.82, 2.24) is 10.7 Å². The third-order valence-corrected chi connectivity index (χ3v) is 0.731. The lowest BCUT2D eigenvalue weighted by atomic mass is 10.5. The second-order valence-electron chi connectivity index (χ2n) is 1.53. The minimum atomic E-state index is -1.48. The van der Waals surface area contributed by atoms with Gasteiger partial charge in [-0.2, -0.15) is 0 Å². The number of carbonyl (C=O) groups is 3. The lowest BCUT2D eigenvalue weighted by molar-refractivity contribution is -0.303. The van der Waals surface area contributed by atoms with E-state index in [1.807, 2.05) is 0 Å². The van der Waals surface area contributed by atoms with E-state index < -0.39 is 24.3 Å². The highest BCUT2D eigenvalue weighted by atomic mass is 16.4. The van der Waals surface area contributed by atoms with Crippen molar-refractivity contribution >= 4 is 17.8 Å². The van der Waals surface area contributed by atoms with Crippen LogP contribution in [0.15, 0.2) is 0 Å². The molecule has 0 aromatic rings. The number of hydrogen-bond acceptors (Lipinski definition) is 5. The van der Waals surface area contributed by atoms with Crippen LogP contribution in [-0.2, 0) is 14.4 Å². The van der Waals surface area contributed by atoms with E-state index in [9.17, 15) is 19.5 Å². The van der Waals surface area contributed by atoms with Crippen LogP contribution in [-0.4, -0.2) is 24.3 Å². The maximum Gasteiger partial charge on any atom is 0.323 e. The van der Waals surface area contributed by atoms with Crippen LogP contribution >= 0.6 is 0 Å². The number of nitrogens with two attached hydrogens (primary N) is 1. The minimum Gasteiger partial charge on any atom is -0.548 e. The van der Waals surface area contributed by atoms with Gasteiger partial charge in [-0.3, -0.25) is 15.0 Å². The Balaban J connectivity index is 3.70. The molecule has 0 aromatic carbocycles. The summed E-state index contributed by atoms with van der Waals surface area (Å²) in [6, 6.07) is 0. The summed E-state index contributed by atoms with van der Waals surface area (Å²) >= 11 is 0. The van der Waals surface area contributed by atoms with Gasteiger partial charge in [-0.25, -0.2) is 5.84 Å². The zero-order valence-electron chi connectivity index (χ0n) is 5.42. The van der Waals surface area contributed by atoms with Crippen LogP contribution in [0.2, 0.25) is 0 Å². The summed E-state index contributed by atoms with van der Waals surface area (Å²) in [6.45, 7) is -0.716. The quantitative estimate of drug-likeness (QED) is 0.164. The molecule has 0 bridgehead atoms. The molecule has 0 aliphatic rings. The first kappa shape index (κ1) is 9.37. The molecule has 0 rings (SSSR count). The van der Waals surface area contributed by atoms with Crippen LogP contribution in [0.1, 0.15) is 0 Å². The number of amides is 2. The van der Waals surface area contributed by atoms with Crippen molar-refractivity contribution in [3.8, 4) is 0 Å². The molecule has 0 saturated carbocycles. The highest BCUT2D eigenvalue weighted by Crippen LogP contribution is 1.63. The molecule has 0 saturated heterocycles. The Morgan fingerprint density at radius 1 is 1.27 bits per heavy atom. The molecule has 0 heterocycles. The Morgan fingerprint density at radius 2 is 1.82 bits per heavy atom. The van der Waals surface area contributed by atoms with Gasteiger partial charge in [-0.15, -0.1) is 0 Å². The van der Waals surface area contributed by atoms with E-state index >= 15 is 0 Å². The first-order chi connectivity index (χ1) is 5.07. The number of nitrogens with one attached hydrogen (secondary N) is 2. The molecular formula is C4H6N3O4-. The predicted octanol–water partition coefficient (Wildman–Crippen LogP) is -4.16. The van der Waals surface area contributed by atoms with Crippen molar-refractivity contribution in [2.45, 2.75) is 0 Å².